The summed E-state index contributed by atoms with van der Waals surface area (Å²) >= 11 is 0. The standard InChI is InChI=1S/C13H24F3N3O2/c1-10(8-20)18-12(21)17-5-2-11-3-6-19(7-4-11)9-13(14,15)16/h10-11,20H,2-9H2,1H3,(H2,17,18,21). The van der Waals surface area contributed by atoms with Crippen molar-refractivity contribution in [3.8, 4) is 0 Å². The molecule has 0 saturated carbocycles. The first kappa shape index (κ1) is 18.0. The summed E-state index contributed by atoms with van der Waals surface area (Å²) in [4.78, 5) is 12.8. The van der Waals surface area contributed by atoms with Gasteiger partial charge < -0.3 is 15.7 Å². The highest BCUT2D eigenvalue weighted by Gasteiger charge is 2.32. The van der Waals surface area contributed by atoms with Gasteiger partial charge in [0.05, 0.1) is 19.2 Å². The smallest absolute Gasteiger partial charge is 0.394 e. The first-order valence-electron chi connectivity index (χ1n) is 7.24. The number of nitrogens with zero attached hydrogens (tertiary/aromatic N) is 1. The summed E-state index contributed by atoms with van der Waals surface area (Å²) in [5.74, 6) is 0.352. The SMILES string of the molecule is CC(CO)NC(=O)NCCC1CCN(CC(F)(F)F)CC1. The van der Waals surface area contributed by atoms with Crippen LogP contribution in [0.5, 0.6) is 0 Å². The number of alkyl halides is 3. The number of piperidine rings is 1. The van der Waals surface area contributed by atoms with Crippen LogP contribution in [0.3, 0.4) is 0 Å². The highest BCUT2D eigenvalue weighted by molar-refractivity contribution is 5.74. The van der Waals surface area contributed by atoms with Gasteiger partial charge in [0.2, 0.25) is 0 Å². The fraction of sp³-hybridized carbons (Fsp3) is 0.923. The van der Waals surface area contributed by atoms with Gasteiger partial charge in [0.25, 0.3) is 0 Å². The zero-order valence-corrected chi connectivity index (χ0v) is 12.2. The molecule has 0 aromatic rings. The van der Waals surface area contributed by atoms with Crippen LogP contribution in [-0.4, -0.2) is 61.0 Å². The molecule has 1 fully saturated rings. The minimum absolute atomic E-state index is 0.120. The second kappa shape index (κ2) is 8.43. The molecule has 0 aromatic heterocycles. The van der Waals surface area contributed by atoms with Crippen molar-refractivity contribution >= 4 is 6.03 Å². The second-order valence-electron chi connectivity index (χ2n) is 5.61. The molecule has 1 aliphatic rings. The van der Waals surface area contributed by atoms with Gasteiger partial charge >= 0.3 is 12.2 Å². The van der Waals surface area contributed by atoms with Crippen molar-refractivity contribution in [2.24, 2.45) is 5.92 Å². The molecule has 5 nitrogen and oxygen atoms in total. The molecule has 0 spiro atoms. The summed E-state index contributed by atoms with van der Waals surface area (Å²) in [6.07, 6.45) is -1.91. The molecule has 0 aromatic carbocycles. The minimum Gasteiger partial charge on any atom is -0.394 e. The minimum atomic E-state index is -4.13. The van der Waals surface area contributed by atoms with E-state index >= 15 is 0 Å². The normalized spacial score (nSPS) is 19.3. The number of nitrogens with one attached hydrogen (secondary N) is 2. The first-order valence-corrected chi connectivity index (χ1v) is 7.24. The maximum atomic E-state index is 12.2. The van der Waals surface area contributed by atoms with E-state index in [0.717, 1.165) is 19.3 Å². The van der Waals surface area contributed by atoms with Crippen LogP contribution in [0.25, 0.3) is 0 Å². The molecule has 1 saturated heterocycles. The lowest BCUT2D eigenvalue weighted by atomic mass is 9.93. The predicted molar refractivity (Wildman–Crippen MR) is 72.9 cm³/mol. The van der Waals surface area contributed by atoms with Gasteiger partial charge in [0.15, 0.2) is 0 Å². The molecule has 3 N–H and O–H groups in total. The van der Waals surface area contributed by atoms with Crippen LogP contribution in [0.1, 0.15) is 26.2 Å². The molecule has 1 unspecified atom stereocenters. The topological polar surface area (TPSA) is 64.6 Å². The number of hydrogen-bond donors (Lipinski definition) is 3. The number of likely N-dealkylation sites (tertiary alicyclic amines) is 1. The van der Waals surface area contributed by atoms with Crippen LogP contribution in [0, 0.1) is 5.92 Å². The Morgan fingerprint density at radius 1 is 1.38 bits per heavy atom. The van der Waals surface area contributed by atoms with Crippen LogP contribution in [0.15, 0.2) is 0 Å². The average molecular weight is 311 g/mol. The van der Waals surface area contributed by atoms with Gasteiger partial charge in [-0.25, -0.2) is 4.79 Å². The van der Waals surface area contributed by atoms with Gasteiger partial charge in [-0.1, -0.05) is 0 Å². The fourth-order valence-corrected chi connectivity index (χ4v) is 2.40. The Labute approximate surface area is 122 Å². The van der Waals surface area contributed by atoms with E-state index in [1.54, 1.807) is 6.92 Å². The Morgan fingerprint density at radius 3 is 2.52 bits per heavy atom. The molecule has 1 aliphatic heterocycles. The van der Waals surface area contributed by atoms with Crippen molar-refractivity contribution in [1.82, 2.24) is 15.5 Å². The Bertz CT molecular complexity index is 318. The molecule has 0 aliphatic carbocycles. The van der Waals surface area contributed by atoms with Crippen molar-refractivity contribution in [2.45, 2.75) is 38.4 Å². The third-order valence-corrected chi connectivity index (χ3v) is 3.60. The Balaban J connectivity index is 2.12. The Hall–Kier alpha value is -1.02. The van der Waals surface area contributed by atoms with E-state index in [0.29, 0.717) is 25.6 Å². The summed E-state index contributed by atoms with van der Waals surface area (Å²) in [5, 5.41) is 14.0. The van der Waals surface area contributed by atoms with Gasteiger partial charge in [-0.15, -0.1) is 0 Å². The van der Waals surface area contributed by atoms with Crippen molar-refractivity contribution in [3.63, 3.8) is 0 Å². The number of rotatable bonds is 6. The molecule has 2 amide bonds. The first-order chi connectivity index (χ1) is 9.80. The van der Waals surface area contributed by atoms with Crippen molar-refractivity contribution in [3.05, 3.63) is 0 Å². The van der Waals surface area contributed by atoms with Crippen molar-refractivity contribution in [1.29, 1.82) is 0 Å². The van der Waals surface area contributed by atoms with E-state index < -0.39 is 12.7 Å². The molecule has 1 rings (SSSR count). The lowest BCUT2D eigenvalue weighted by Gasteiger charge is -2.32. The molecule has 0 radical (unpaired) electrons. The van der Waals surface area contributed by atoms with Gasteiger partial charge in [0.1, 0.15) is 0 Å². The number of carbonyl (C=O) groups excluding carboxylic acids is 1. The average Bonchev–Trinajstić information content (AvgIpc) is 2.39. The molecule has 124 valence electrons. The third kappa shape index (κ3) is 8.11. The lowest BCUT2D eigenvalue weighted by Crippen LogP contribution is -2.43. The summed E-state index contributed by atoms with van der Waals surface area (Å²) in [5.41, 5.74) is 0. The number of urea groups is 1. The molecule has 1 atom stereocenters. The number of amides is 2. The van der Waals surface area contributed by atoms with E-state index in [4.69, 9.17) is 5.11 Å². The highest BCUT2D eigenvalue weighted by Crippen LogP contribution is 2.23. The number of halogens is 3. The number of carbonyl (C=O) groups is 1. The Kier molecular flexibility index (Phi) is 7.24. The van der Waals surface area contributed by atoms with Crippen LogP contribution in [0.2, 0.25) is 0 Å². The summed E-state index contributed by atoms with van der Waals surface area (Å²) < 4.78 is 36.7. The maximum Gasteiger partial charge on any atom is 0.401 e. The van der Waals surface area contributed by atoms with Crippen LogP contribution in [0.4, 0.5) is 18.0 Å². The van der Waals surface area contributed by atoms with Crippen molar-refractivity contribution in [2.75, 3.05) is 32.8 Å². The van der Waals surface area contributed by atoms with Gasteiger partial charge in [0, 0.05) is 6.54 Å². The number of hydrogen-bond acceptors (Lipinski definition) is 3. The van der Waals surface area contributed by atoms with Crippen LogP contribution < -0.4 is 10.6 Å². The number of aliphatic hydroxyl groups is 1. The molecule has 21 heavy (non-hydrogen) atoms. The van der Waals surface area contributed by atoms with Gasteiger partial charge in [-0.05, 0) is 45.2 Å². The van der Waals surface area contributed by atoms with Crippen LogP contribution >= 0.6 is 0 Å². The maximum absolute atomic E-state index is 12.2. The summed E-state index contributed by atoms with van der Waals surface area (Å²) in [7, 11) is 0. The number of aliphatic hydroxyl groups excluding tert-OH is 1. The summed E-state index contributed by atoms with van der Waals surface area (Å²) in [6.45, 7) is 2.14. The van der Waals surface area contributed by atoms with E-state index in [1.807, 2.05) is 0 Å². The molecular weight excluding hydrogens is 287 g/mol. The van der Waals surface area contributed by atoms with Gasteiger partial charge in [-0.2, -0.15) is 13.2 Å². The quantitative estimate of drug-likeness (QED) is 0.693. The van der Waals surface area contributed by atoms with E-state index in [9.17, 15) is 18.0 Å². The van der Waals surface area contributed by atoms with Crippen LogP contribution in [-0.2, 0) is 0 Å². The Morgan fingerprint density at radius 2 is 2.00 bits per heavy atom. The third-order valence-electron chi connectivity index (χ3n) is 3.60. The largest absolute Gasteiger partial charge is 0.401 e. The zero-order valence-electron chi connectivity index (χ0n) is 12.2. The van der Waals surface area contributed by atoms with Crippen molar-refractivity contribution < 1.29 is 23.1 Å². The monoisotopic (exact) mass is 311 g/mol. The molecular formula is C13H24F3N3O2. The fourth-order valence-electron chi connectivity index (χ4n) is 2.40. The van der Waals surface area contributed by atoms with E-state index in [2.05, 4.69) is 10.6 Å². The predicted octanol–water partition coefficient (Wildman–Crippen LogP) is 1.33. The second-order valence-corrected chi connectivity index (χ2v) is 5.61. The lowest BCUT2D eigenvalue weighted by molar-refractivity contribution is -0.148. The van der Waals surface area contributed by atoms with E-state index in [-0.39, 0.29) is 18.7 Å². The highest BCUT2D eigenvalue weighted by atomic mass is 19.4. The zero-order chi connectivity index (χ0) is 15.9. The summed E-state index contributed by atoms with van der Waals surface area (Å²) in [6, 6.07) is -0.623. The molecule has 1 heterocycles. The molecule has 8 heteroatoms. The molecule has 0 bridgehead atoms. The van der Waals surface area contributed by atoms with Gasteiger partial charge in [-0.3, -0.25) is 4.90 Å². The van der Waals surface area contributed by atoms with E-state index in [1.165, 1.54) is 4.90 Å².